The Balaban J connectivity index is 1.46. The molecule has 0 bridgehead atoms. The molecule has 5 nitrogen and oxygen atoms in total. The van der Waals surface area contributed by atoms with Crippen molar-refractivity contribution in [3.05, 3.63) is 33.2 Å². The molecule has 0 aliphatic carbocycles. The monoisotopic (exact) mass is 359 g/mol. The smallest absolute Gasteiger partial charge is 0.132 e. The molecule has 0 radical (unpaired) electrons. The first-order chi connectivity index (χ1) is 12.0. The first-order valence-electron chi connectivity index (χ1n) is 9.31. The zero-order valence-corrected chi connectivity index (χ0v) is 16.6. The van der Waals surface area contributed by atoms with Crippen molar-refractivity contribution in [2.24, 2.45) is 0 Å². The van der Waals surface area contributed by atoms with Crippen LogP contribution in [0.15, 0.2) is 6.07 Å². The zero-order valence-electron chi connectivity index (χ0n) is 15.8. The molecule has 136 valence electrons. The number of thiazole rings is 1. The fourth-order valence-corrected chi connectivity index (χ4v) is 4.23. The van der Waals surface area contributed by atoms with Crippen LogP contribution in [0.4, 0.5) is 5.82 Å². The van der Waals surface area contributed by atoms with Gasteiger partial charge in [0.25, 0.3) is 0 Å². The minimum Gasteiger partial charge on any atom is -0.356 e. The van der Waals surface area contributed by atoms with E-state index in [1.54, 1.807) is 0 Å². The summed E-state index contributed by atoms with van der Waals surface area (Å²) >= 11 is 1.83. The zero-order chi connectivity index (χ0) is 17.8. The van der Waals surface area contributed by atoms with Gasteiger partial charge in [-0.2, -0.15) is 0 Å². The lowest BCUT2D eigenvalue weighted by atomic mass is 10.0. The topological polar surface area (TPSA) is 53.9 Å². The van der Waals surface area contributed by atoms with Crippen molar-refractivity contribution in [3.8, 4) is 0 Å². The average Bonchev–Trinajstić information content (AvgIpc) is 2.93. The highest BCUT2D eigenvalue weighted by Gasteiger charge is 2.20. The van der Waals surface area contributed by atoms with Gasteiger partial charge in [-0.1, -0.05) is 6.92 Å². The average molecular weight is 360 g/mol. The van der Waals surface area contributed by atoms with E-state index < -0.39 is 0 Å². The molecule has 3 rings (SSSR count). The normalized spacial score (nSPS) is 15.8. The van der Waals surface area contributed by atoms with Crippen LogP contribution in [0.5, 0.6) is 0 Å². The highest BCUT2D eigenvalue weighted by molar-refractivity contribution is 7.11. The maximum atomic E-state index is 4.63. The van der Waals surface area contributed by atoms with E-state index in [1.165, 1.54) is 28.4 Å². The van der Waals surface area contributed by atoms with Crippen LogP contribution in [0.2, 0.25) is 0 Å². The number of nitrogens with one attached hydrogen (secondary N) is 1. The number of rotatable bonds is 6. The van der Waals surface area contributed by atoms with E-state index in [0.717, 1.165) is 49.8 Å². The molecule has 2 aromatic rings. The van der Waals surface area contributed by atoms with E-state index in [4.69, 9.17) is 0 Å². The predicted molar refractivity (Wildman–Crippen MR) is 105 cm³/mol. The lowest BCUT2D eigenvalue weighted by molar-refractivity contribution is 0.416. The predicted octanol–water partition coefficient (Wildman–Crippen LogP) is 3.22. The number of piperidine rings is 1. The fourth-order valence-electron chi connectivity index (χ4n) is 3.30. The molecule has 6 heteroatoms. The molecule has 3 heterocycles. The Bertz CT molecular complexity index is 684. The van der Waals surface area contributed by atoms with Crippen molar-refractivity contribution in [1.82, 2.24) is 20.3 Å². The van der Waals surface area contributed by atoms with Gasteiger partial charge in [0.15, 0.2) is 0 Å². The van der Waals surface area contributed by atoms with Gasteiger partial charge in [0.05, 0.1) is 10.7 Å². The molecule has 1 aliphatic heterocycles. The van der Waals surface area contributed by atoms with Crippen LogP contribution < -0.4 is 10.2 Å². The molecule has 25 heavy (non-hydrogen) atoms. The van der Waals surface area contributed by atoms with E-state index in [2.05, 4.69) is 52.0 Å². The fraction of sp³-hybridized carbons (Fsp3) is 0.632. The van der Waals surface area contributed by atoms with Crippen LogP contribution >= 0.6 is 11.3 Å². The maximum Gasteiger partial charge on any atom is 0.132 e. The van der Waals surface area contributed by atoms with Crippen LogP contribution in [-0.2, 0) is 12.8 Å². The molecule has 0 unspecified atom stereocenters. The minimum absolute atomic E-state index is 0.604. The largest absolute Gasteiger partial charge is 0.356 e. The van der Waals surface area contributed by atoms with Crippen LogP contribution in [0.25, 0.3) is 0 Å². The van der Waals surface area contributed by atoms with Gasteiger partial charge in [-0.3, -0.25) is 0 Å². The Morgan fingerprint density at radius 3 is 2.56 bits per heavy atom. The molecular formula is C19H29N5S. The SMILES string of the molecule is CCc1cc(N2CCC(NCCc3nc(C)c(C)s3)CC2)nc(C)n1. The van der Waals surface area contributed by atoms with Gasteiger partial charge in [-0.05, 0) is 40.0 Å². The highest BCUT2D eigenvalue weighted by atomic mass is 32.1. The van der Waals surface area contributed by atoms with Crippen molar-refractivity contribution < 1.29 is 0 Å². The van der Waals surface area contributed by atoms with E-state index in [9.17, 15) is 0 Å². The van der Waals surface area contributed by atoms with Crippen molar-refractivity contribution in [1.29, 1.82) is 0 Å². The van der Waals surface area contributed by atoms with Gasteiger partial charge in [-0.25, -0.2) is 15.0 Å². The molecule has 1 N–H and O–H groups in total. The molecule has 0 amide bonds. The summed E-state index contributed by atoms with van der Waals surface area (Å²) in [5.41, 5.74) is 2.32. The van der Waals surface area contributed by atoms with E-state index in [-0.39, 0.29) is 0 Å². The van der Waals surface area contributed by atoms with Gasteiger partial charge in [0.1, 0.15) is 11.6 Å². The number of hydrogen-bond donors (Lipinski definition) is 1. The Morgan fingerprint density at radius 1 is 1.16 bits per heavy atom. The molecule has 1 saturated heterocycles. The summed E-state index contributed by atoms with van der Waals surface area (Å²) in [4.78, 5) is 17.5. The van der Waals surface area contributed by atoms with Crippen LogP contribution in [0, 0.1) is 20.8 Å². The quantitative estimate of drug-likeness (QED) is 0.858. The van der Waals surface area contributed by atoms with Crippen molar-refractivity contribution >= 4 is 17.2 Å². The second kappa shape index (κ2) is 8.23. The van der Waals surface area contributed by atoms with Gasteiger partial charge < -0.3 is 10.2 Å². The lowest BCUT2D eigenvalue weighted by Gasteiger charge is -2.33. The Labute approximate surface area is 154 Å². The van der Waals surface area contributed by atoms with Crippen LogP contribution in [0.3, 0.4) is 0 Å². The Kier molecular flexibility index (Phi) is 6.02. The van der Waals surface area contributed by atoms with E-state index >= 15 is 0 Å². The van der Waals surface area contributed by atoms with Gasteiger partial charge in [0.2, 0.25) is 0 Å². The second-order valence-corrected chi connectivity index (χ2v) is 8.12. The molecular weight excluding hydrogens is 330 g/mol. The summed E-state index contributed by atoms with van der Waals surface area (Å²) in [5.74, 6) is 1.97. The summed E-state index contributed by atoms with van der Waals surface area (Å²) in [5, 5.41) is 4.97. The number of aryl methyl sites for hydroxylation is 4. The summed E-state index contributed by atoms with van der Waals surface area (Å²) in [6.45, 7) is 11.5. The first-order valence-corrected chi connectivity index (χ1v) is 10.1. The second-order valence-electron chi connectivity index (χ2n) is 6.83. The third-order valence-electron chi connectivity index (χ3n) is 4.90. The van der Waals surface area contributed by atoms with Gasteiger partial charge in [-0.15, -0.1) is 11.3 Å². The number of nitrogens with zero attached hydrogens (tertiary/aromatic N) is 4. The van der Waals surface area contributed by atoms with Gasteiger partial charge >= 0.3 is 0 Å². The minimum atomic E-state index is 0.604. The standard InChI is InChI=1S/C19H29N5S/c1-5-16-12-18(23-15(4)22-16)24-10-7-17(8-11-24)20-9-6-19-21-13(2)14(3)25-19/h12,17,20H,5-11H2,1-4H3. The Hall–Kier alpha value is -1.53. The van der Waals surface area contributed by atoms with Gasteiger partial charge in [0, 0.05) is 48.7 Å². The molecule has 2 aromatic heterocycles. The third kappa shape index (κ3) is 4.76. The molecule has 1 fully saturated rings. The molecule has 0 aromatic carbocycles. The molecule has 0 saturated carbocycles. The van der Waals surface area contributed by atoms with E-state index in [1.807, 2.05) is 18.3 Å². The maximum absolute atomic E-state index is 4.63. The van der Waals surface area contributed by atoms with Crippen molar-refractivity contribution in [2.45, 2.75) is 59.4 Å². The summed E-state index contributed by atoms with van der Waals surface area (Å²) in [6.07, 6.45) is 4.33. The molecule has 0 atom stereocenters. The summed E-state index contributed by atoms with van der Waals surface area (Å²) in [7, 11) is 0. The summed E-state index contributed by atoms with van der Waals surface area (Å²) in [6, 6.07) is 2.75. The van der Waals surface area contributed by atoms with Crippen molar-refractivity contribution in [3.63, 3.8) is 0 Å². The van der Waals surface area contributed by atoms with Crippen LogP contribution in [-0.4, -0.2) is 40.6 Å². The number of aromatic nitrogens is 3. The third-order valence-corrected chi connectivity index (χ3v) is 6.04. The summed E-state index contributed by atoms with van der Waals surface area (Å²) < 4.78 is 0. The van der Waals surface area contributed by atoms with Crippen LogP contribution in [0.1, 0.15) is 46.9 Å². The number of anilines is 1. The van der Waals surface area contributed by atoms with E-state index in [0.29, 0.717) is 6.04 Å². The Morgan fingerprint density at radius 2 is 1.92 bits per heavy atom. The highest BCUT2D eigenvalue weighted by Crippen LogP contribution is 2.20. The lowest BCUT2D eigenvalue weighted by Crippen LogP contribution is -2.43. The molecule has 0 spiro atoms. The van der Waals surface area contributed by atoms with Crippen molar-refractivity contribution in [2.75, 3.05) is 24.5 Å². The number of hydrogen-bond acceptors (Lipinski definition) is 6. The molecule has 1 aliphatic rings. The first kappa shape index (κ1) is 18.3.